The first kappa shape index (κ1) is 9.79. The number of nitrogens with zero attached hydrogens (tertiary/aromatic N) is 1. The molecule has 0 spiro atoms. The molecule has 0 fully saturated rings. The van der Waals surface area contributed by atoms with E-state index in [1.165, 1.54) is 0 Å². The van der Waals surface area contributed by atoms with Gasteiger partial charge in [0.25, 0.3) is 6.43 Å². The first-order chi connectivity index (χ1) is 6.06. The molecule has 0 radical (unpaired) electrons. The van der Waals surface area contributed by atoms with Crippen LogP contribution < -0.4 is 5.73 Å². The number of nitrogen functional groups attached to an aromatic ring is 1. The van der Waals surface area contributed by atoms with Gasteiger partial charge in [0, 0.05) is 0 Å². The fourth-order valence-corrected chi connectivity index (χ4v) is 0.852. The standard InChI is InChI=1S/C7H7F3N2O/c8-5-4(11)1-3(2-13)12-6(5)7(9)10/h1,7,13H,2H2,(H2,11,12). The van der Waals surface area contributed by atoms with E-state index >= 15 is 0 Å². The highest BCUT2D eigenvalue weighted by Crippen LogP contribution is 2.24. The van der Waals surface area contributed by atoms with E-state index in [9.17, 15) is 13.2 Å². The van der Waals surface area contributed by atoms with E-state index in [4.69, 9.17) is 10.8 Å². The van der Waals surface area contributed by atoms with E-state index in [0.717, 1.165) is 6.07 Å². The number of hydrogen-bond donors (Lipinski definition) is 2. The lowest BCUT2D eigenvalue weighted by molar-refractivity contribution is 0.139. The number of nitrogens with two attached hydrogens (primary N) is 1. The number of rotatable bonds is 2. The van der Waals surface area contributed by atoms with E-state index < -0.39 is 30.2 Å². The van der Waals surface area contributed by atoms with Crippen LogP contribution in [0.2, 0.25) is 0 Å². The Kier molecular flexibility index (Phi) is 2.72. The van der Waals surface area contributed by atoms with Crippen LogP contribution in [0, 0.1) is 5.82 Å². The second-order valence-corrected chi connectivity index (χ2v) is 2.36. The number of halogens is 3. The predicted octanol–water partition coefficient (Wildman–Crippen LogP) is 1.23. The van der Waals surface area contributed by atoms with Gasteiger partial charge in [-0.1, -0.05) is 0 Å². The minimum absolute atomic E-state index is 0.0748. The van der Waals surface area contributed by atoms with Crippen LogP contribution in [-0.4, -0.2) is 10.1 Å². The highest BCUT2D eigenvalue weighted by Gasteiger charge is 2.18. The Hall–Kier alpha value is -1.30. The van der Waals surface area contributed by atoms with E-state index in [0.29, 0.717) is 0 Å². The van der Waals surface area contributed by atoms with Gasteiger partial charge in [0.05, 0.1) is 18.0 Å². The molecule has 0 aliphatic heterocycles. The Labute approximate surface area is 72.0 Å². The average molecular weight is 192 g/mol. The van der Waals surface area contributed by atoms with Gasteiger partial charge in [0.2, 0.25) is 0 Å². The summed E-state index contributed by atoms with van der Waals surface area (Å²) in [6.45, 7) is -0.551. The van der Waals surface area contributed by atoms with Crippen LogP contribution in [0.15, 0.2) is 6.07 Å². The molecule has 3 N–H and O–H groups in total. The molecule has 0 saturated carbocycles. The van der Waals surface area contributed by atoms with Crippen LogP contribution in [0.1, 0.15) is 17.8 Å². The molecule has 0 aliphatic rings. The van der Waals surface area contributed by atoms with Crippen molar-refractivity contribution in [1.29, 1.82) is 0 Å². The zero-order valence-corrected chi connectivity index (χ0v) is 6.47. The Morgan fingerprint density at radius 2 is 2.15 bits per heavy atom. The number of pyridine rings is 1. The topological polar surface area (TPSA) is 59.1 Å². The minimum Gasteiger partial charge on any atom is -0.396 e. The third-order valence-electron chi connectivity index (χ3n) is 1.43. The fraction of sp³-hybridized carbons (Fsp3) is 0.286. The first-order valence-corrected chi connectivity index (χ1v) is 3.40. The van der Waals surface area contributed by atoms with Crippen molar-refractivity contribution >= 4 is 5.69 Å². The van der Waals surface area contributed by atoms with Gasteiger partial charge < -0.3 is 10.8 Å². The maximum Gasteiger partial charge on any atom is 0.283 e. The lowest BCUT2D eigenvalue weighted by Crippen LogP contribution is -2.04. The van der Waals surface area contributed by atoms with Gasteiger partial charge in [0.1, 0.15) is 5.69 Å². The summed E-state index contributed by atoms with van der Waals surface area (Å²) >= 11 is 0. The van der Waals surface area contributed by atoms with Gasteiger partial charge in [-0.25, -0.2) is 18.2 Å². The Balaban J connectivity index is 3.25. The maximum absolute atomic E-state index is 12.8. The molecule has 0 aromatic carbocycles. The van der Waals surface area contributed by atoms with Gasteiger partial charge in [-0.3, -0.25) is 0 Å². The van der Waals surface area contributed by atoms with E-state index in [2.05, 4.69) is 4.98 Å². The first-order valence-electron chi connectivity index (χ1n) is 3.40. The van der Waals surface area contributed by atoms with Crippen molar-refractivity contribution in [2.24, 2.45) is 0 Å². The Morgan fingerprint density at radius 3 is 2.62 bits per heavy atom. The minimum atomic E-state index is -3.03. The zero-order valence-electron chi connectivity index (χ0n) is 6.47. The largest absolute Gasteiger partial charge is 0.396 e. The molecular formula is C7H7F3N2O. The normalized spacial score (nSPS) is 10.8. The summed E-state index contributed by atoms with van der Waals surface area (Å²) in [5, 5.41) is 8.57. The molecule has 1 heterocycles. The summed E-state index contributed by atoms with van der Waals surface area (Å²) < 4.78 is 37.0. The fourth-order valence-electron chi connectivity index (χ4n) is 0.852. The number of anilines is 1. The lowest BCUT2D eigenvalue weighted by atomic mass is 10.2. The number of alkyl halides is 2. The summed E-state index contributed by atoms with van der Waals surface area (Å²) in [6, 6.07) is 1.02. The zero-order chi connectivity index (χ0) is 10.0. The third-order valence-corrected chi connectivity index (χ3v) is 1.43. The van der Waals surface area contributed by atoms with Gasteiger partial charge in [-0.2, -0.15) is 0 Å². The van der Waals surface area contributed by atoms with Crippen molar-refractivity contribution in [1.82, 2.24) is 4.98 Å². The van der Waals surface area contributed by atoms with Gasteiger partial charge in [0.15, 0.2) is 5.82 Å². The smallest absolute Gasteiger partial charge is 0.283 e. The van der Waals surface area contributed by atoms with Crippen LogP contribution in [0.5, 0.6) is 0 Å². The SMILES string of the molecule is Nc1cc(CO)nc(C(F)F)c1F. The van der Waals surface area contributed by atoms with E-state index in [-0.39, 0.29) is 5.69 Å². The highest BCUT2D eigenvalue weighted by molar-refractivity contribution is 5.42. The molecule has 1 aromatic rings. The maximum atomic E-state index is 12.8. The van der Waals surface area contributed by atoms with Crippen molar-refractivity contribution in [2.45, 2.75) is 13.0 Å². The second kappa shape index (κ2) is 3.61. The highest BCUT2D eigenvalue weighted by atomic mass is 19.3. The van der Waals surface area contributed by atoms with Crippen molar-refractivity contribution in [3.8, 4) is 0 Å². The summed E-state index contributed by atoms with van der Waals surface area (Å²) in [7, 11) is 0. The van der Waals surface area contributed by atoms with Crippen LogP contribution in [-0.2, 0) is 6.61 Å². The van der Waals surface area contributed by atoms with Crippen LogP contribution in [0.25, 0.3) is 0 Å². The summed E-state index contributed by atoms with van der Waals surface area (Å²) in [5.41, 5.74) is 3.54. The molecule has 1 aromatic heterocycles. The third kappa shape index (κ3) is 1.89. The van der Waals surface area contributed by atoms with Crippen LogP contribution in [0.3, 0.4) is 0 Å². The molecule has 72 valence electrons. The van der Waals surface area contributed by atoms with Crippen molar-refractivity contribution in [3.05, 3.63) is 23.3 Å². The summed E-state index contributed by atoms with van der Waals surface area (Å²) in [5.74, 6) is -1.23. The molecule has 0 saturated heterocycles. The molecule has 0 aliphatic carbocycles. The molecular weight excluding hydrogens is 185 g/mol. The average Bonchev–Trinajstić information content (AvgIpc) is 2.09. The number of aromatic nitrogens is 1. The number of aliphatic hydroxyl groups excluding tert-OH is 1. The van der Waals surface area contributed by atoms with Crippen molar-refractivity contribution in [3.63, 3.8) is 0 Å². The van der Waals surface area contributed by atoms with Crippen LogP contribution >= 0.6 is 0 Å². The van der Waals surface area contributed by atoms with Crippen molar-refractivity contribution < 1.29 is 18.3 Å². The van der Waals surface area contributed by atoms with Gasteiger partial charge in [-0.15, -0.1) is 0 Å². The summed E-state index contributed by atoms with van der Waals surface area (Å²) in [4.78, 5) is 3.20. The Bertz CT molecular complexity index is 317. The van der Waals surface area contributed by atoms with Crippen LogP contribution in [0.4, 0.5) is 18.9 Å². The van der Waals surface area contributed by atoms with Gasteiger partial charge >= 0.3 is 0 Å². The molecule has 0 amide bonds. The monoisotopic (exact) mass is 192 g/mol. The molecule has 0 bridgehead atoms. The Morgan fingerprint density at radius 1 is 1.54 bits per heavy atom. The van der Waals surface area contributed by atoms with Crippen molar-refractivity contribution in [2.75, 3.05) is 5.73 Å². The molecule has 0 unspecified atom stereocenters. The molecule has 1 rings (SSSR count). The summed E-state index contributed by atoms with van der Waals surface area (Å²) in [6.07, 6.45) is -3.03. The van der Waals surface area contributed by atoms with Gasteiger partial charge in [-0.05, 0) is 6.07 Å². The number of aliphatic hydroxyl groups is 1. The van der Waals surface area contributed by atoms with E-state index in [1.807, 2.05) is 0 Å². The van der Waals surface area contributed by atoms with E-state index in [1.54, 1.807) is 0 Å². The molecule has 0 atom stereocenters. The molecule has 13 heavy (non-hydrogen) atoms. The lowest BCUT2D eigenvalue weighted by Gasteiger charge is -2.05. The number of hydrogen-bond acceptors (Lipinski definition) is 3. The molecule has 6 heteroatoms. The molecule has 3 nitrogen and oxygen atoms in total. The predicted molar refractivity (Wildman–Crippen MR) is 39.5 cm³/mol. The quantitative estimate of drug-likeness (QED) is 0.740. The second-order valence-electron chi connectivity index (χ2n) is 2.36.